The molecule has 17 heteroatoms. The Kier molecular flexibility index (Phi) is 38.3. The van der Waals surface area contributed by atoms with Crippen LogP contribution in [0.2, 0.25) is 0 Å². The molecule has 0 aromatic heterocycles. The maximum Gasteiger partial charge on any atom is 0.472 e. The first-order chi connectivity index (χ1) is 29.2. The van der Waals surface area contributed by atoms with Gasteiger partial charge in [0, 0.05) is 12.8 Å². The zero-order chi connectivity index (χ0) is 45.5. The lowest BCUT2D eigenvalue weighted by molar-refractivity contribution is -0.161. The van der Waals surface area contributed by atoms with E-state index >= 15 is 0 Å². The van der Waals surface area contributed by atoms with Crippen LogP contribution in [0.4, 0.5) is 0 Å². The minimum Gasteiger partial charge on any atom is -0.462 e. The van der Waals surface area contributed by atoms with Gasteiger partial charge in [0.1, 0.15) is 12.7 Å². The largest absolute Gasteiger partial charge is 0.472 e. The summed E-state index contributed by atoms with van der Waals surface area (Å²) in [6.07, 6.45) is 32.7. The number of aliphatic hydroxyl groups is 3. The van der Waals surface area contributed by atoms with Gasteiger partial charge in [-0.05, 0) is 51.4 Å². The third-order valence-electron chi connectivity index (χ3n) is 9.42. The van der Waals surface area contributed by atoms with E-state index in [1.54, 1.807) is 6.08 Å². The van der Waals surface area contributed by atoms with Crippen molar-refractivity contribution in [3.05, 3.63) is 48.6 Å². The summed E-state index contributed by atoms with van der Waals surface area (Å²) in [5, 5.41) is 30.4. The van der Waals surface area contributed by atoms with Crippen LogP contribution in [0.5, 0.6) is 0 Å². The van der Waals surface area contributed by atoms with Crippen LogP contribution in [0.3, 0.4) is 0 Å². The number of aliphatic hydroxyl groups excluding tert-OH is 3. The molecule has 0 aromatic carbocycles. The van der Waals surface area contributed by atoms with Crippen molar-refractivity contribution < 1.29 is 71.8 Å². The van der Waals surface area contributed by atoms with Crippen molar-refractivity contribution >= 4 is 27.6 Å². The number of unbranched alkanes of at least 4 members (excludes halogenated alkanes) is 14. The van der Waals surface area contributed by atoms with Gasteiger partial charge in [-0.2, -0.15) is 0 Å². The number of carbonyl (C=O) groups excluding carboxylic acids is 2. The summed E-state index contributed by atoms with van der Waals surface area (Å²) < 4.78 is 47.6. The van der Waals surface area contributed by atoms with Crippen LogP contribution in [0.15, 0.2) is 48.6 Å². The molecule has 15 nitrogen and oxygen atoms in total. The molecule has 0 radical (unpaired) electrons. The molecule has 5 atom stereocenters. The first-order valence-corrected chi connectivity index (χ1v) is 25.5. The van der Waals surface area contributed by atoms with Crippen LogP contribution in [0, 0.1) is 0 Å². The molecule has 0 saturated carbocycles. The van der Waals surface area contributed by atoms with Crippen molar-refractivity contribution in [1.29, 1.82) is 0 Å². The molecule has 0 bridgehead atoms. The predicted octanol–water partition coefficient (Wildman–Crippen LogP) is 9.39. The molecule has 0 aliphatic rings. The van der Waals surface area contributed by atoms with Gasteiger partial charge in [-0.3, -0.25) is 23.2 Å². The van der Waals surface area contributed by atoms with Crippen molar-refractivity contribution in [2.24, 2.45) is 0 Å². The Hall–Kier alpha value is -2.00. The lowest BCUT2D eigenvalue weighted by Crippen LogP contribution is -2.30. The molecule has 356 valence electrons. The summed E-state index contributed by atoms with van der Waals surface area (Å²) in [4.78, 5) is 52.8. The fraction of sp³-hybridized carbons (Fsp3) is 0.773. The van der Waals surface area contributed by atoms with Crippen LogP contribution in [-0.4, -0.2) is 92.8 Å². The Morgan fingerprint density at radius 1 is 0.525 bits per heavy atom. The summed E-state index contributed by atoms with van der Waals surface area (Å²) >= 11 is 0. The number of ether oxygens (including phenoxy) is 2. The molecule has 0 spiro atoms. The highest BCUT2D eigenvalue weighted by Gasteiger charge is 2.28. The lowest BCUT2D eigenvalue weighted by atomic mass is 10.0. The fourth-order valence-corrected chi connectivity index (χ4v) is 7.06. The van der Waals surface area contributed by atoms with Crippen LogP contribution in [0.25, 0.3) is 0 Å². The van der Waals surface area contributed by atoms with Gasteiger partial charge in [0.05, 0.1) is 32.0 Å². The number of esters is 2. The Morgan fingerprint density at radius 3 is 1.51 bits per heavy atom. The number of allylic oxidation sites excluding steroid dienone is 7. The van der Waals surface area contributed by atoms with E-state index in [0.717, 1.165) is 44.9 Å². The van der Waals surface area contributed by atoms with Crippen molar-refractivity contribution in [3.63, 3.8) is 0 Å². The number of carbonyl (C=O) groups is 2. The zero-order valence-corrected chi connectivity index (χ0v) is 38.8. The van der Waals surface area contributed by atoms with E-state index in [1.807, 2.05) is 12.2 Å². The normalized spacial score (nSPS) is 15.5. The van der Waals surface area contributed by atoms with Crippen molar-refractivity contribution in [2.75, 3.05) is 26.4 Å². The smallest absolute Gasteiger partial charge is 0.462 e. The van der Waals surface area contributed by atoms with Gasteiger partial charge in [-0.1, -0.05) is 152 Å². The molecule has 0 saturated heterocycles. The molecular weight excluding hydrogens is 830 g/mol. The maximum atomic E-state index is 12.7. The first kappa shape index (κ1) is 59.0. The minimum absolute atomic E-state index is 0.0723. The molecule has 1 unspecified atom stereocenters. The molecule has 0 amide bonds. The average molecular weight is 911 g/mol. The van der Waals surface area contributed by atoms with Crippen LogP contribution < -0.4 is 0 Å². The van der Waals surface area contributed by atoms with Crippen LogP contribution >= 0.6 is 15.6 Å². The average Bonchev–Trinajstić information content (AvgIpc) is 3.21. The van der Waals surface area contributed by atoms with E-state index in [2.05, 4.69) is 53.3 Å². The summed E-state index contributed by atoms with van der Waals surface area (Å²) in [6, 6.07) is 0. The monoisotopic (exact) mass is 910 g/mol. The second-order valence-corrected chi connectivity index (χ2v) is 18.0. The minimum atomic E-state index is -4.89. The Bertz CT molecular complexity index is 1300. The van der Waals surface area contributed by atoms with Gasteiger partial charge in [-0.25, -0.2) is 9.13 Å². The zero-order valence-electron chi connectivity index (χ0n) is 37.0. The van der Waals surface area contributed by atoms with Gasteiger partial charge in [0.25, 0.3) is 0 Å². The van der Waals surface area contributed by atoms with E-state index < -0.39 is 78.4 Å². The number of phosphoric acid groups is 2. The number of rotatable bonds is 42. The summed E-state index contributed by atoms with van der Waals surface area (Å²) in [5.74, 6) is -1.32. The SMILES string of the molecule is CC/C=C\C/C=C\C/C=C\C/C=C\C[C@H](O)[C@@H](O)CCCC(=O)OC[C@H](COP(=O)(O)OC[C@@H](O)COP(=O)(O)O)OC(=O)CCCCCCCCCCCCCCCCC. The molecule has 0 rings (SSSR count). The van der Waals surface area contributed by atoms with Crippen molar-refractivity contribution in [1.82, 2.24) is 0 Å². The summed E-state index contributed by atoms with van der Waals surface area (Å²) in [6.45, 7) is 1.33. The molecule has 0 aromatic rings. The molecule has 6 N–H and O–H groups in total. The third kappa shape index (κ3) is 41.8. The second kappa shape index (κ2) is 39.6. The topological polar surface area (TPSA) is 236 Å². The van der Waals surface area contributed by atoms with Crippen LogP contribution in [0.1, 0.15) is 168 Å². The van der Waals surface area contributed by atoms with Gasteiger partial charge >= 0.3 is 27.6 Å². The Morgan fingerprint density at radius 2 is 0.984 bits per heavy atom. The number of hydrogen-bond donors (Lipinski definition) is 6. The van der Waals surface area contributed by atoms with Gasteiger partial charge in [0.2, 0.25) is 0 Å². The van der Waals surface area contributed by atoms with E-state index in [4.69, 9.17) is 23.8 Å². The van der Waals surface area contributed by atoms with Crippen molar-refractivity contribution in [2.45, 2.75) is 192 Å². The molecule has 0 heterocycles. The summed E-state index contributed by atoms with van der Waals surface area (Å²) in [7, 11) is -9.77. The highest BCUT2D eigenvalue weighted by Crippen LogP contribution is 2.43. The first-order valence-electron chi connectivity index (χ1n) is 22.5. The standard InChI is InChI=1S/C44H80O15P2/c1-3-5-7-9-11-13-15-17-18-19-21-23-25-27-29-33-44(49)59-40(38-58-61(53,54)57-36-39(45)35-56-60(50,51)52)37-55-43(48)34-30-32-42(47)41(46)31-28-26-24-22-20-16-14-12-10-8-6-4-2/h6,8,12,14,20,22,26,28,39-42,45-47H,3-5,7,9-11,13,15-19,21,23-25,27,29-38H2,1-2H3,(H,53,54)(H2,50,51,52)/b8-6-,14-12-,22-20-,28-26-/t39-,40+,41-,42-/m0/s1. The van der Waals surface area contributed by atoms with E-state index in [9.17, 15) is 38.9 Å². The highest BCUT2D eigenvalue weighted by molar-refractivity contribution is 7.47. The van der Waals surface area contributed by atoms with E-state index in [-0.39, 0.29) is 32.1 Å². The number of phosphoric ester groups is 2. The Balaban J connectivity index is 4.72. The van der Waals surface area contributed by atoms with Crippen LogP contribution in [-0.2, 0) is 41.8 Å². The molecular formula is C44H80O15P2. The predicted molar refractivity (Wildman–Crippen MR) is 237 cm³/mol. The summed E-state index contributed by atoms with van der Waals surface area (Å²) in [5.41, 5.74) is 0. The molecule has 0 aliphatic heterocycles. The quantitative estimate of drug-likeness (QED) is 0.0145. The highest BCUT2D eigenvalue weighted by atomic mass is 31.2. The second-order valence-electron chi connectivity index (χ2n) is 15.3. The molecule has 0 fully saturated rings. The van der Waals surface area contributed by atoms with Crippen molar-refractivity contribution in [3.8, 4) is 0 Å². The van der Waals surface area contributed by atoms with Gasteiger partial charge in [0.15, 0.2) is 6.10 Å². The third-order valence-corrected chi connectivity index (χ3v) is 10.9. The van der Waals surface area contributed by atoms with E-state index in [1.165, 1.54) is 64.2 Å². The molecule has 0 aliphatic carbocycles. The van der Waals surface area contributed by atoms with Gasteiger partial charge in [-0.15, -0.1) is 0 Å². The van der Waals surface area contributed by atoms with Gasteiger partial charge < -0.3 is 39.5 Å². The molecule has 61 heavy (non-hydrogen) atoms. The number of hydrogen-bond acceptors (Lipinski definition) is 12. The fourth-order valence-electron chi connectivity index (χ4n) is 5.91. The Labute approximate surface area is 365 Å². The maximum absolute atomic E-state index is 12.7. The van der Waals surface area contributed by atoms with E-state index in [0.29, 0.717) is 12.8 Å². The lowest BCUT2D eigenvalue weighted by Gasteiger charge is -2.20.